The van der Waals surface area contributed by atoms with Gasteiger partial charge in [0.1, 0.15) is 5.75 Å². The largest absolute Gasteiger partial charge is 0.496 e. The van der Waals surface area contributed by atoms with Gasteiger partial charge in [0.05, 0.1) is 21.0 Å². The minimum Gasteiger partial charge on any atom is -0.496 e. The summed E-state index contributed by atoms with van der Waals surface area (Å²) in [5.41, 5.74) is 1.79. The Hall–Kier alpha value is -1.60. The molecule has 2 aromatic rings. The number of ether oxygens (including phenoxy) is 1. The molecule has 0 aliphatic carbocycles. The first-order chi connectivity index (χ1) is 10.0. The first-order valence-corrected chi connectivity index (χ1v) is 7.60. The fraction of sp³-hybridized carbons (Fsp3) is 0.143. The number of nitro groups is 1. The van der Waals surface area contributed by atoms with Crippen LogP contribution >= 0.6 is 31.9 Å². The molecule has 5 nitrogen and oxygen atoms in total. The maximum absolute atomic E-state index is 10.9. The van der Waals surface area contributed by atoms with Crippen molar-refractivity contribution in [2.45, 2.75) is 6.54 Å². The SMILES string of the molecule is COc1ccc(NCc2ccc(Br)c([N+](=O)[O-])c2)cc1Br. The van der Waals surface area contributed by atoms with Gasteiger partial charge in [-0.3, -0.25) is 10.1 Å². The van der Waals surface area contributed by atoms with Crippen molar-refractivity contribution in [3.63, 3.8) is 0 Å². The van der Waals surface area contributed by atoms with E-state index in [9.17, 15) is 10.1 Å². The Morgan fingerprint density at radius 1 is 1.19 bits per heavy atom. The van der Waals surface area contributed by atoms with Gasteiger partial charge in [-0.05, 0) is 61.7 Å². The van der Waals surface area contributed by atoms with Gasteiger partial charge in [0.15, 0.2) is 0 Å². The Morgan fingerprint density at radius 2 is 1.95 bits per heavy atom. The number of nitrogens with zero attached hydrogens (tertiary/aromatic N) is 1. The van der Waals surface area contributed by atoms with E-state index in [-0.39, 0.29) is 5.69 Å². The van der Waals surface area contributed by atoms with Crippen LogP contribution in [0.25, 0.3) is 0 Å². The third kappa shape index (κ3) is 3.95. The number of nitro benzene ring substituents is 1. The van der Waals surface area contributed by atoms with Crippen LogP contribution in [0.4, 0.5) is 11.4 Å². The summed E-state index contributed by atoms with van der Waals surface area (Å²) in [6.45, 7) is 0.493. The highest BCUT2D eigenvalue weighted by molar-refractivity contribution is 9.11. The van der Waals surface area contributed by atoms with Crippen molar-refractivity contribution in [3.8, 4) is 5.75 Å². The molecule has 0 radical (unpaired) electrons. The van der Waals surface area contributed by atoms with Crippen LogP contribution in [-0.4, -0.2) is 12.0 Å². The fourth-order valence-electron chi connectivity index (χ4n) is 1.79. The summed E-state index contributed by atoms with van der Waals surface area (Å²) in [5, 5.41) is 14.1. The molecule has 21 heavy (non-hydrogen) atoms. The van der Waals surface area contributed by atoms with E-state index in [4.69, 9.17) is 4.74 Å². The number of hydrogen-bond acceptors (Lipinski definition) is 4. The van der Waals surface area contributed by atoms with E-state index >= 15 is 0 Å². The third-order valence-electron chi connectivity index (χ3n) is 2.86. The molecule has 2 aromatic carbocycles. The van der Waals surface area contributed by atoms with Crippen LogP contribution in [0.3, 0.4) is 0 Å². The van der Waals surface area contributed by atoms with E-state index in [1.54, 1.807) is 19.2 Å². The molecule has 0 saturated carbocycles. The second-order valence-electron chi connectivity index (χ2n) is 4.25. The number of rotatable bonds is 5. The molecule has 0 atom stereocenters. The number of halogens is 2. The van der Waals surface area contributed by atoms with E-state index < -0.39 is 4.92 Å². The first kappa shape index (κ1) is 15.8. The summed E-state index contributed by atoms with van der Waals surface area (Å²) in [4.78, 5) is 10.5. The standard InChI is InChI=1S/C14H12Br2N2O3/c1-21-14-5-3-10(7-12(14)16)17-8-9-2-4-11(15)13(6-9)18(19)20/h2-7,17H,8H2,1H3. The van der Waals surface area contributed by atoms with E-state index in [0.29, 0.717) is 11.0 Å². The predicted molar refractivity (Wildman–Crippen MR) is 88.8 cm³/mol. The molecule has 0 aliphatic rings. The molecule has 0 unspecified atom stereocenters. The van der Waals surface area contributed by atoms with Crippen LogP contribution in [0.15, 0.2) is 45.3 Å². The molecule has 0 heterocycles. The Labute approximate surface area is 138 Å². The first-order valence-electron chi connectivity index (χ1n) is 6.01. The molecule has 0 fully saturated rings. The summed E-state index contributed by atoms with van der Waals surface area (Å²) in [6, 6.07) is 10.7. The number of nitrogens with one attached hydrogen (secondary N) is 1. The highest BCUT2D eigenvalue weighted by Crippen LogP contribution is 2.29. The van der Waals surface area contributed by atoms with Gasteiger partial charge in [0, 0.05) is 18.3 Å². The molecule has 0 amide bonds. The van der Waals surface area contributed by atoms with Gasteiger partial charge >= 0.3 is 0 Å². The van der Waals surface area contributed by atoms with Crippen molar-refractivity contribution in [1.82, 2.24) is 0 Å². The predicted octanol–water partition coefficient (Wildman–Crippen LogP) is 4.74. The van der Waals surface area contributed by atoms with Crippen molar-refractivity contribution in [2.75, 3.05) is 12.4 Å². The molecular formula is C14H12Br2N2O3. The summed E-state index contributed by atoms with van der Waals surface area (Å²) < 4.78 is 6.48. The summed E-state index contributed by atoms with van der Waals surface area (Å²) >= 11 is 6.58. The topological polar surface area (TPSA) is 64.4 Å². The molecule has 0 bridgehead atoms. The summed E-state index contributed by atoms with van der Waals surface area (Å²) in [5.74, 6) is 0.750. The Bertz CT molecular complexity index is 677. The fourth-order valence-corrected chi connectivity index (χ4v) is 2.72. The second kappa shape index (κ2) is 6.91. The number of methoxy groups -OCH3 is 1. The lowest BCUT2D eigenvalue weighted by Gasteiger charge is -2.09. The van der Waals surface area contributed by atoms with Crippen LogP contribution in [0, 0.1) is 10.1 Å². The highest BCUT2D eigenvalue weighted by atomic mass is 79.9. The van der Waals surface area contributed by atoms with E-state index in [0.717, 1.165) is 21.5 Å². The molecular weight excluding hydrogens is 404 g/mol. The van der Waals surface area contributed by atoms with E-state index in [1.807, 2.05) is 24.3 Å². The molecule has 0 aliphatic heterocycles. The van der Waals surface area contributed by atoms with Crippen LogP contribution in [0.5, 0.6) is 5.75 Å². The van der Waals surface area contributed by atoms with Crippen molar-refractivity contribution >= 4 is 43.2 Å². The quantitative estimate of drug-likeness (QED) is 0.565. The highest BCUT2D eigenvalue weighted by Gasteiger charge is 2.12. The number of anilines is 1. The molecule has 0 spiro atoms. The smallest absolute Gasteiger partial charge is 0.283 e. The molecule has 2 rings (SSSR count). The van der Waals surface area contributed by atoms with Gasteiger partial charge in [-0.15, -0.1) is 0 Å². The second-order valence-corrected chi connectivity index (χ2v) is 5.95. The molecule has 0 saturated heterocycles. The van der Waals surface area contributed by atoms with E-state index in [1.165, 1.54) is 0 Å². The lowest BCUT2D eigenvalue weighted by molar-refractivity contribution is -0.385. The summed E-state index contributed by atoms with van der Waals surface area (Å²) in [6.07, 6.45) is 0. The van der Waals surface area contributed by atoms with Gasteiger partial charge in [-0.1, -0.05) is 6.07 Å². The average molecular weight is 416 g/mol. The van der Waals surface area contributed by atoms with Gasteiger partial charge in [-0.25, -0.2) is 0 Å². The summed E-state index contributed by atoms with van der Waals surface area (Å²) in [7, 11) is 1.61. The van der Waals surface area contributed by atoms with Crippen molar-refractivity contribution in [3.05, 3.63) is 61.0 Å². The van der Waals surface area contributed by atoms with Gasteiger partial charge in [-0.2, -0.15) is 0 Å². The molecule has 1 N–H and O–H groups in total. The van der Waals surface area contributed by atoms with Crippen molar-refractivity contribution < 1.29 is 9.66 Å². The lowest BCUT2D eigenvalue weighted by atomic mass is 10.2. The van der Waals surface area contributed by atoms with Gasteiger partial charge in [0.2, 0.25) is 0 Å². The van der Waals surface area contributed by atoms with Crippen LogP contribution in [0.2, 0.25) is 0 Å². The number of hydrogen-bond donors (Lipinski definition) is 1. The zero-order valence-electron chi connectivity index (χ0n) is 11.1. The van der Waals surface area contributed by atoms with Crippen molar-refractivity contribution in [1.29, 1.82) is 0 Å². The third-order valence-corrected chi connectivity index (χ3v) is 4.15. The van der Waals surface area contributed by atoms with Crippen LogP contribution in [0.1, 0.15) is 5.56 Å². The maximum atomic E-state index is 10.9. The van der Waals surface area contributed by atoms with Crippen LogP contribution in [-0.2, 0) is 6.54 Å². The average Bonchev–Trinajstić information content (AvgIpc) is 2.46. The zero-order valence-corrected chi connectivity index (χ0v) is 14.3. The van der Waals surface area contributed by atoms with Gasteiger partial charge in [0.25, 0.3) is 5.69 Å². The zero-order chi connectivity index (χ0) is 15.4. The number of benzene rings is 2. The van der Waals surface area contributed by atoms with Crippen LogP contribution < -0.4 is 10.1 Å². The molecule has 0 aromatic heterocycles. The molecule has 7 heteroatoms. The molecule has 110 valence electrons. The lowest BCUT2D eigenvalue weighted by Crippen LogP contribution is -2.01. The Morgan fingerprint density at radius 3 is 2.57 bits per heavy atom. The minimum absolute atomic E-state index is 0.0604. The van der Waals surface area contributed by atoms with Gasteiger partial charge < -0.3 is 10.1 Å². The minimum atomic E-state index is -0.405. The van der Waals surface area contributed by atoms with E-state index in [2.05, 4.69) is 37.2 Å². The normalized spacial score (nSPS) is 10.2. The monoisotopic (exact) mass is 414 g/mol. The van der Waals surface area contributed by atoms with Crippen molar-refractivity contribution in [2.24, 2.45) is 0 Å². The maximum Gasteiger partial charge on any atom is 0.283 e. The Kier molecular flexibility index (Phi) is 5.19. The Balaban J connectivity index is 2.11.